The Morgan fingerprint density at radius 2 is 2.18 bits per heavy atom. The summed E-state index contributed by atoms with van der Waals surface area (Å²) < 4.78 is 15.1. The normalized spacial score (nSPS) is 10.8. The van der Waals surface area contributed by atoms with Crippen molar-refractivity contribution < 1.29 is 14.3 Å². The maximum Gasteiger partial charge on any atom is 0.207 e. The van der Waals surface area contributed by atoms with E-state index in [0.717, 1.165) is 23.5 Å². The number of rotatable bonds is 8. The van der Waals surface area contributed by atoms with Gasteiger partial charge in [0.15, 0.2) is 11.5 Å². The molecule has 0 spiro atoms. The molecule has 0 N–H and O–H groups in total. The molecule has 22 heavy (non-hydrogen) atoms. The van der Waals surface area contributed by atoms with Crippen LogP contribution in [0.5, 0.6) is 11.5 Å². The number of benzene rings is 1. The van der Waals surface area contributed by atoms with Crippen molar-refractivity contribution in [2.45, 2.75) is 20.3 Å². The van der Waals surface area contributed by atoms with Crippen LogP contribution in [0.1, 0.15) is 36.3 Å². The van der Waals surface area contributed by atoms with Crippen LogP contribution in [0, 0.1) is 0 Å². The molecule has 0 aliphatic carbocycles. The summed E-state index contributed by atoms with van der Waals surface area (Å²) >= 11 is 1.15. The molecule has 0 aliphatic rings. The van der Waals surface area contributed by atoms with Gasteiger partial charge in [0.1, 0.15) is 5.69 Å². The van der Waals surface area contributed by atoms with E-state index in [9.17, 15) is 4.79 Å². The molecule has 2 rings (SSSR count). The van der Waals surface area contributed by atoms with Gasteiger partial charge < -0.3 is 9.47 Å². The standard InChI is InChI=1S/C16H18N2O3S/c1-3-10-21-16-12(6-5-7-15(16)20-4-2)8-9-14(19)13-11-22-18-17-13/h5-9,11H,3-4,10H2,1-2H3/b9-8+. The Hall–Kier alpha value is -2.21. The second-order valence-corrected chi connectivity index (χ2v) is 5.05. The van der Waals surface area contributed by atoms with Crippen LogP contribution < -0.4 is 9.47 Å². The molecule has 5 nitrogen and oxygen atoms in total. The first kappa shape index (κ1) is 16.2. The first-order chi connectivity index (χ1) is 10.8. The summed E-state index contributed by atoms with van der Waals surface area (Å²) in [5.74, 6) is 1.16. The van der Waals surface area contributed by atoms with Crippen LogP contribution in [0.25, 0.3) is 6.08 Å². The van der Waals surface area contributed by atoms with Gasteiger partial charge in [-0.25, -0.2) is 0 Å². The number of carbonyl (C=O) groups is 1. The van der Waals surface area contributed by atoms with E-state index >= 15 is 0 Å². The molecule has 0 saturated carbocycles. The highest BCUT2D eigenvalue weighted by Gasteiger charge is 2.10. The molecule has 0 unspecified atom stereocenters. The van der Waals surface area contributed by atoms with E-state index in [-0.39, 0.29) is 5.78 Å². The number of ether oxygens (including phenoxy) is 2. The van der Waals surface area contributed by atoms with Crippen molar-refractivity contribution in [3.8, 4) is 11.5 Å². The summed E-state index contributed by atoms with van der Waals surface area (Å²) in [6.07, 6.45) is 4.09. The molecule has 0 radical (unpaired) electrons. The molecule has 0 fully saturated rings. The molecular weight excluding hydrogens is 300 g/mol. The monoisotopic (exact) mass is 318 g/mol. The van der Waals surface area contributed by atoms with Crippen LogP contribution in [0.2, 0.25) is 0 Å². The molecule has 1 aromatic carbocycles. The Labute approximate surface area is 133 Å². The molecule has 1 aromatic heterocycles. The predicted octanol–water partition coefficient (Wildman–Crippen LogP) is 3.62. The van der Waals surface area contributed by atoms with Crippen LogP contribution in [0.3, 0.4) is 0 Å². The zero-order valence-corrected chi connectivity index (χ0v) is 13.4. The summed E-state index contributed by atoms with van der Waals surface area (Å²) in [6, 6.07) is 5.62. The molecule has 0 aliphatic heterocycles. The van der Waals surface area contributed by atoms with Crippen molar-refractivity contribution in [2.75, 3.05) is 13.2 Å². The van der Waals surface area contributed by atoms with Gasteiger partial charge in [0.2, 0.25) is 5.78 Å². The number of hydrogen-bond donors (Lipinski definition) is 0. The van der Waals surface area contributed by atoms with E-state index in [2.05, 4.69) is 9.59 Å². The van der Waals surface area contributed by atoms with Crippen LogP contribution in [0.4, 0.5) is 0 Å². The van der Waals surface area contributed by atoms with Crippen molar-refractivity contribution in [3.63, 3.8) is 0 Å². The van der Waals surface area contributed by atoms with Gasteiger partial charge >= 0.3 is 0 Å². The van der Waals surface area contributed by atoms with E-state index in [1.54, 1.807) is 11.5 Å². The second-order valence-electron chi connectivity index (χ2n) is 4.44. The van der Waals surface area contributed by atoms with Gasteiger partial charge in [-0.15, -0.1) is 5.10 Å². The molecule has 2 aromatic rings. The molecule has 0 atom stereocenters. The van der Waals surface area contributed by atoms with Crippen molar-refractivity contribution >= 4 is 23.4 Å². The molecule has 0 amide bonds. The second kappa shape index (κ2) is 8.29. The van der Waals surface area contributed by atoms with E-state index in [4.69, 9.17) is 9.47 Å². The van der Waals surface area contributed by atoms with Gasteiger partial charge in [-0.05, 0) is 43.1 Å². The topological polar surface area (TPSA) is 61.3 Å². The Balaban J connectivity index is 2.25. The zero-order chi connectivity index (χ0) is 15.8. The van der Waals surface area contributed by atoms with Crippen molar-refractivity contribution in [1.29, 1.82) is 0 Å². The third kappa shape index (κ3) is 4.14. The Morgan fingerprint density at radius 3 is 2.86 bits per heavy atom. The third-order valence-corrected chi connectivity index (χ3v) is 3.29. The SMILES string of the molecule is CCCOc1c(/C=C/C(=O)c2csnn2)cccc1OCC. The van der Waals surface area contributed by atoms with Gasteiger partial charge in [-0.3, -0.25) is 4.79 Å². The number of aromatic nitrogens is 2. The summed E-state index contributed by atoms with van der Waals surface area (Å²) in [5, 5.41) is 5.38. The fraction of sp³-hybridized carbons (Fsp3) is 0.312. The molecule has 1 heterocycles. The fourth-order valence-electron chi connectivity index (χ4n) is 1.81. The lowest BCUT2D eigenvalue weighted by molar-refractivity contribution is 0.104. The smallest absolute Gasteiger partial charge is 0.207 e. The molecule has 0 saturated heterocycles. The highest BCUT2D eigenvalue weighted by molar-refractivity contribution is 7.03. The van der Waals surface area contributed by atoms with Gasteiger partial charge in [0.25, 0.3) is 0 Å². The Morgan fingerprint density at radius 1 is 1.32 bits per heavy atom. The molecular formula is C16H18N2O3S. The average Bonchev–Trinajstić information content (AvgIpc) is 3.06. The largest absolute Gasteiger partial charge is 0.490 e. The molecule has 6 heteroatoms. The van der Waals surface area contributed by atoms with Crippen LogP contribution in [-0.2, 0) is 0 Å². The van der Waals surface area contributed by atoms with Crippen molar-refractivity contribution in [3.05, 3.63) is 40.9 Å². The molecule has 0 bridgehead atoms. The average molecular weight is 318 g/mol. The highest BCUT2D eigenvalue weighted by atomic mass is 32.1. The van der Waals surface area contributed by atoms with E-state index < -0.39 is 0 Å². The van der Waals surface area contributed by atoms with Gasteiger partial charge in [0, 0.05) is 10.9 Å². The zero-order valence-electron chi connectivity index (χ0n) is 12.6. The number of allylic oxidation sites excluding steroid dienone is 1. The number of ketones is 1. The van der Waals surface area contributed by atoms with Gasteiger partial charge in [0.05, 0.1) is 13.2 Å². The maximum absolute atomic E-state index is 12.0. The minimum Gasteiger partial charge on any atom is -0.490 e. The number of para-hydroxylation sites is 1. The summed E-state index contributed by atoms with van der Waals surface area (Å²) in [6.45, 7) is 5.11. The first-order valence-corrected chi connectivity index (χ1v) is 7.98. The van der Waals surface area contributed by atoms with E-state index in [0.29, 0.717) is 30.4 Å². The van der Waals surface area contributed by atoms with Gasteiger partial charge in [-0.1, -0.05) is 23.5 Å². The van der Waals surface area contributed by atoms with Crippen molar-refractivity contribution in [1.82, 2.24) is 9.59 Å². The quantitative estimate of drug-likeness (QED) is 0.549. The summed E-state index contributed by atoms with van der Waals surface area (Å²) in [5.41, 5.74) is 1.15. The third-order valence-electron chi connectivity index (χ3n) is 2.79. The number of nitrogens with zero attached hydrogens (tertiary/aromatic N) is 2. The predicted molar refractivity (Wildman–Crippen MR) is 86.7 cm³/mol. The number of carbonyl (C=O) groups excluding carboxylic acids is 1. The highest BCUT2D eigenvalue weighted by Crippen LogP contribution is 2.32. The van der Waals surface area contributed by atoms with Gasteiger partial charge in [-0.2, -0.15) is 0 Å². The minimum absolute atomic E-state index is 0.183. The summed E-state index contributed by atoms with van der Waals surface area (Å²) in [7, 11) is 0. The first-order valence-electron chi connectivity index (χ1n) is 7.14. The van der Waals surface area contributed by atoms with E-state index in [1.807, 2.05) is 32.0 Å². The van der Waals surface area contributed by atoms with Crippen LogP contribution >= 0.6 is 11.5 Å². The fourth-order valence-corrected chi connectivity index (χ4v) is 2.26. The molecule has 116 valence electrons. The number of hydrogen-bond acceptors (Lipinski definition) is 6. The lowest BCUT2D eigenvalue weighted by Crippen LogP contribution is -2.02. The Kier molecular flexibility index (Phi) is 6.09. The maximum atomic E-state index is 12.0. The van der Waals surface area contributed by atoms with Crippen LogP contribution in [0.15, 0.2) is 29.7 Å². The Bertz CT molecular complexity index is 639. The lowest BCUT2D eigenvalue weighted by atomic mass is 10.1. The van der Waals surface area contributed by atoms with E-state index in [1.165, 1.54) is 6.08 Å². The van der Waals surface area contributed by atoms with Crippen molar-refractivity contribution in [2.24, 2.45) is 0 Å². The summed E-state index contributed by atoms with van der Waals surface area (Å²) in [4.78, 5) is 12.0. The lowest BCUT2D eigenvalue weighted by Gasteiger charge is -2.13. The van der Waals surface area contributed by atoms with Crippen LogP contribution in [-0.4, -0.2) is 28.6 Å². The minimum atomic E-state index is -0.183.